The number of benzene rings is 4. The fourth-order valence-corrected chi connectivity index (χ4v) is 7.12. The largest absolute Gasteiger partial charge is 0.397 e. The molecule has 0 spiro atoms. The highest BCUT2D eigenvalue weighted by atomic mass is 14.9. The molecule has 1 aliphatic rings. The molecule has 1 aliphatic heterocycles. The van der Waals surface area contributed by atoms with Crippen LogP contribution in [0.25, 0.3) is 33.5 Å². The summed E-state index contributed by atoms with van der Waals surface area (Å²) in [5, 5.41) is 0. The Labute approximate surface area is 321 Å². The molecule has 0 bridgehead atoms. The van der Waals surface area contributed by atoms with Crippen LogP contribution in [-0.2, 0) is 21.7 Å². The molecule has 2 heterocycles. The molecule has 6 rings (SSSR count). The molecule has 5 aromatic rings. The Balaban J connectivity index is 1.57. The first-order valence-corrected chi connectivity index (χ1v) is 19.1. The zero-order chi connectivity index (χ0) is 38.7. The molecule has 0 saturated heterocycles. The van der Waals surface area contributed by atoms with Crippen molar-refractivity contribution in [2.24, 2.45) is 4.99 Å². The van der Waals surface area contributed by atoms with E-state index in [0.29, 0.717) is 0 Å². The van der Waals surface area contributed by atoms with Gasteiger partial charge in [-0.15, -0.1) is 0 Å². The van der Waals surface area contributed by atoms with Gasteiger partial charge < -0.3 is 4.48 Å². The van der Waals surface area contributed by atoms with Crippen molar-refractivity contribution in [1.82, 2.24) is 4.48 Å². The summed E-state index contributed by atoms with van der Waals surface area (Å²) in [6.45, 7) is 29.2. The van der Waals surface area contributed by atoms with Crippen molar-refractivity contribution in [3.63, 3.8) is 0 Å². The molecular formula is C50H57BN2. The SMILES string of the molecule is [B]n1c(-c2ccc(C(C)(C)C)cc2)cc(-c2ccc(C(C)(C)C)cc2)c1/C(C)=C1\N=C(c2ccc(C(C)(C)C)cc2)C=C1c1ccc(C(C)(C)C)cc1. The Hall–Kier alpha value is -4.63. The third kappa shape index (κ3) is 7.86. The second-order valence-electron chi connectivity index (χ2n) is 19.0. The van der Waals surface area contributed by atoms with E-state index < -0.39 is 0 Å². The first kappa shape index (κ1) is 38.1. The van der Waals surface area contributed by atoms with Crippen LogP contribution >= 0.6 is 0 Å². The Morgan fingerprint density at radius 3 is 1.25 bits per heavy atom. The van der Waals surface area contributed by atoms with E-state index in [1.165, 1.54) is 22.3 Å². The maximum atomic E-state index is 7.23. The van der Waals surface area contributed by atoms with E-state index in [2.05, 4.69) is 199 Å². The molecule has 0 N–H and O–H groups in total. The van der Waals surface area contributed by atoms with Crippen LogP contribution in [0.2, 0.25) is 0 Å². The maximum Gasteiger partial charge on any atom is 0.234 e. The third-order valence-corrected chi connectivity index (χ3v) is 10.7. The quantitative estimate of drug-likeness (QED) is 0.163. The van der Waals surface area contributed by atoms with Crippen LogP contribution in [0, 0.1) is 0 Å². The van der Waals surface area contributed by atoms with Crippen LogP contribution in [0.3, 0.4) is 0 Å². The van der Waals surface area contributed by atoms with E-state index in [1.807, 2.05) is 4.48 Å². The zero-order valence-electron chi connectivity index (χ0n) is 34.4. The van der Waals surface area contributed by atoms with Gasteiger partial charge in [0.15, 0.2) is 0 Å². The van der Waals surface area contributed by atoms with Gasteiger partial charge >= 0.3 is 0 Å². The van der Waals surface area contributed by atoms with Crippen molar-refractivity contribution in [2.45, 2.75) is 112 Å². The van der Waals surface area contributed by atoms with E-state index >= 15 is 0 Å². The Bertz CT molecular complexity index is 2210. The molecule has 3 heteroatoms. The molecule has 53 heavy (non-hydrogen) atoms. The fraction of sp³-hybridized carbons (Fsp3) is 0.340. The molecule has 0 atom stereocenters. The van der Waals surface area contributed by atoms with E-state index in [4.69, 9.17) is 13.0 Å². The second-order valence-corrected chi connectivity index (χ2v) is 19.0. The normalized spacial score (nSPS) is 15.0. The van der Waals surface area contributed by atoms with Gasteiger partial charge in [0.2, 0.25) is 7.98 Å². The summed E-state index contributed by atoms with van der Waals surface area (Å²) in [7, 11) is 7.23. The standard InChI is InChI=1S/C50H57BN2/c1-32(45-41(33-14-22-37(23-15-33)47(2,3)4)30-43(52-45)35-18-26-39(27-19-35)49(8,9)10)46-42(34-16-24-38(25-17-34)48(5,6)7)31-44(53(46)51)36-20-28-40(29-21-36)50(11,12)13/h14-31H,1-13H3/b45-32-. The zero-order valence-corrected chi connectivity index (χ0v) is 34.4. The second kappa shape index (κ2) is 13.7. The molecule has 0 amide bonds. The van der Waals surface area contributed by atoms with Gasteiger partial charge in [0.1, 0.15) is 0 Å². The molecule has 1 aromatic heterocycles. The van der Waals surface area contributed by atoms with Crippen molar-refractivity contribution >= 4 is 24.8 Å². The van der Waals surface area contributed by atoms with Gasteiger partial charge in [-0.3, -0.25) is 0 Å². The van der Waals surface area contributed by atoms with Gasteiger partial charge in [0, 0.05) is 28.1 Å². The summed E-state index contributed by atoms with van der Waals surface area (Å²) >= 11 is 0. The van der Waals surface area contributed by atoms with Crippen LogP contribution in [-0.4, -0.2) is 18.2 Å². The lowest BCUT2D eigenvalue weighted by atomic mass is 9.85. The number of aromatic nitrogens is 1. The Morgan fingerprint density at radius 2 is 0.849 bits per heavy atom. The van der Waals surface area contributed by atoms with Crippen LogP contribution in [0.15, 0.2) is 120 Å². The number of rotatable bonds is 5. The van der Waals surface area contributed by atoms with E-state index in [0.717, 1.165) is 61.8 Å². The third-order valence-electron chi connectivity index (χ3n) is 10.7. The van der Waals surface area contributed by atoms with Crippen molar-refractivity contribution < 1.29 is 0 Å². The molecule has 0 fully saturated rings. The number of nitrogens with zero attached hydrogens (tertiary/aromatic N) is 2. The highest BCUT2D eigenvalue weighted by Crippen LogP contribution is 2.43. The van der Waals surface area contributed by atoms with Gasteiger partial charge in [-0.05, 0) is 85.2 Å². The van der Waals surface area contributed by atoms with Crippen molar-refractivity contribution in [3.8, 4) is 22.4 Å². The first-order chi connectivity index (χ1) is 24.6. The summed E-state index contributed by atoms with van der Waals surface area (Å²) in [5.74, 6) is 0. The summed E-state index contributed by atoms with van der Waals surface area (Å²) in [6.07, 6.45) is 2.25. The Morgan fingerprint density at radius 1 is 0.491 bits per heavy atom. The lowest BCUT2D eigenvalue weighted by Gasteiger charge is -2.20. The van der Waals surface area contributed by atoms with Gasteiger partial charge in [-0.25, -0.2) is 4.99 Å². The molecule has 2 radical (unpaired) electrons. The van der Waals surface area contributed by atoms with E-state index in [9.17, 15) is 0 Å². The molecule has 0 saturated carbocycles. The summed E-state index contributed by atoms with van der Waals surface area (Å²) < 4.78 is 1.88. The van der Waals surface area contributed by atoms with Gasteiger partial charge in [0.25, 0.3) is 0 Å². The lowest BCUT2D eigenvalue weighted by Crippen LogP contribution is -2.11. The van der Waals surface area contributed by atoms with Crippen molar-refractivity contribution in [3.05, 3.63) is 154 Å². The number of hydrogen-bond acceptors (Lipinski definition) is 1. The molecule has 4 aromatic carbocycles. The summed E-state index contributed by atoms with van der Waals surface area (Å²) in [4.78, 5) is 5.43. The van der Waals surface area contributed by atoms with Crippen LogP contribution in [0.4, 0.5) is 0 Å². The van der Waals surface area contributed by atoms with Crippen LogP contribution in [0.5, 0.6) is 0 Å². The predicted octanol–water partition coefficient (Wildman–Crippen LogP) is 13.3. The van der Waals surface area contributed by atoms with Gasteiger partial charge in [-0.2, -0.15) is 0 Å². The molecular weight excluding hydrogens is 639 g/mol. The van der Waals surface area contributed by atoms with Gasteiger partial charge in [-0.1, -0.05) is 180 Å². The average molecular weight is 697 g/mol. The molecule has 0 aliphatic carbocycles. The molecule has 2 nitrogen and oxygen atoms in total. The topological polar surface area (TPSA) is 17.3 Å². The number of aliphatic imine (C=N–C) groups is 1. The summed E-state index contributed by atoms with van der Waals surface area (Å²) in [5.41, 5.74) is 17.0. The maximum absolute atomic E-state index is 7.23. The highest BCUT2D eigenvalue weighted by molar-refractivity contribution is 6.20. The summed E-state index contributed by atoms with van der Waals surface area (Å²) in [6, 6.07) is 38.0. The fourth-order valence-electron chi connectivity index (χ4n) is 7.12. The minimum Gasteiger partial charge on any atom is -0.397 e. The van der Waals surface area contributed by atoms with Crippen LogP contribution in [0.1, 0.15) is 129 Å². The minimum absolute atomic E-state index is 0.0568. The van der Waals surface area contributed by atoms with Gasteiger partial charge in [0.05, 0.1) is 11.4 Å². The van der Waals surface area contributed by atoms with E-state index in [1.54, 1.807) is 0 Å². The number of hydrogen-bond donors (Lipinski definition) is 0. The number of allylic oxidation sites excluding steroid dienone is 3. The van der Waals surface area contributed by atoms with Crippen molar-refractivity contribution in [2.75, 3.05) is 0 Å². The molecule has 270 valence electrons. The Kier molecular flexibility index (Phi) is 9.82. The van der Waals surface area contributed by atoms with Crippen LogP contribution < -0.4 is 0 Å². The lowest BCUT2D eigenvalue weighted by molar-refractivity contribution is 0.590. The average Bonchev–Trinajstić information content (AvgIpc) is 3.69. The molecule has 0 unspecified atom stereocenters. The minimum atomic E-state index is 0.0568. The van der Waals surface area contributed by atoms with Crippen molar-refractivity contribution in [1.29, 1.82) is 0 Å². The van der Waals surface area contributed by atoms with E-state index in [-0.39, 0.29) is 21.7 Å². The predicted molar refractivity (Wildman–Crippen MR) is 231 cm³/mol. The smallest absolute Gasteiger partial charge is 0.234 e. The monoisotopic (exact) mass is 696 g/mol. The first-order valence-electron chi connectivity index (χ1n) is 19.1. The highest BCUT2D eigenvalue weighted by Gasteiger charge is 2.26.